The first-order chi connectivity index (χ1) is 7.72. The third kappa shape index (κ3) is 5.11. The van der Waals surface area contributed by atoms with Gasteiger partial charge in [-0.3, -0.25) is 0 Å². The minimum Gasteiger partial charge on any atom is -0.459 e. The molecule has 1 aromatic carbocycles. The fourth-order valence-electron chi connectivity index (χ4n) is 1.02. The van der Waals surface area contributed by atoms with E-state index in [4.69, 9.17) is 26.8 Å². The van der Waals surface area contributed by atoms with Crippen molar-refractivity contribution in [2.45, 2.75) is 6.61 Å². The summed E-state index contributed by atoms with van der Waals surface area (Å²) in [7, 11) is 0. The highest BCUT2D eigenvalue weighted by Crippen LogP contribution is 2.10. The summed E-state index contributed by atoms with van der Waals surface area (Å²) in [6.07, 6.45) is 0. The van der Waals surface area contributed by atoms with Gasteiger partial charge in [0.25, 0.3) is 0 Å². The van der Waals surface area contributed by atoms with Crippen LogP contribution < -0.4 is 5.73 Å². The number of esters is 1. The molecule has 0 spiro atoms. The number of carbonyl (C=O) groups excluding carboxylic acids is 1. The minimum atomic E-state index is -0.400. The average molecular weight is 244 g/mol. The number of carbonyl (C=O) groups is 1. The Bertz CT molecular complexity index is 327. The van der Waals surface area contributed by atoms with Gasteiger partial charge in [0.05, 0.1) is 6.61 Å². The molecule has 0 aromatic heterocycles. The molecule has 0 saturated carbocycles. The summed E-state index contributed by atoms with van der Waals surface area (Å²) < 4.78 is 9.90. The molecule has 5 heteroatoms. The SMILES string of the molecule is NCCOCC(=O)OCc1ccc(Cl)cc1. The molecule has 0 unspecified atom stereocenters. The second-order valence-corrected chi connectivity index (χ2v) is 3.56. The van der Waals surface area contributed by atoms with Crippen LogP contribution in [-0.4, -0.2) is 25.7 Å². The largest absolute Gasteiger partial charge is 0.459 e. The van der Waals surface area contributed by atoms with Gasteiger partial charge in [0.15, 0.2) is 0 Å². The number of nitrogens with two attached hydrogens (primary N) is 1. The van der Waals surface area contributed by atoms with Crippen LogP contribution in [0.2, 0.25) is 5.02 Å². The van der Waals surface area contributed by atoms with Crippen molar-refractivity contribution >= 4 is 17.6 Å². The molecule has 1 rings (SSSR count). The first-order valence-corrected chi connectivity index (χ1v) is 5.28. The van der Waals surface area contributed by atoms with Gasteiger partial charge in [-0.15, -0.1) is 0 Å². The molecular formula is C11H14ClNO3. The number of hydrogen-bond acceptors (Lipinski definition) is 4. The smallest absolute Gasteiger partial charge is 0.332 e. The van der Waals surface area contributed by atoms with Gasteiger partial charge in [-0.25, -0.2) is 4.79 Å². The average Bonchev–Trinajstić information content (AvgIpc) is 2.29. The molecule has 0 bridgehead atoms. The van der Waals surface area contributed by atoms with Gasteiger partial charge in [-0.1, -0.05) is 23.7 Å². The molecule has 0 amide bonds. The Morgan fingerprint density at radius 3 is 2.62 bits per heavy atom. The fourth-order valence-corrected chi connectivity index (χ4v) is 1.15. The zero-order valence-electron chi connectivity index (χ0n) is 8.82. The van der Waals surface area contributed by atoms with Crippen LogP contribution in [0.5, 0.6) is 0 Å². The van der Waals surface area contributed by atoms with Crippen molar-refractivity contribution in [2.75, 3.05) is 19.8 Å². The molecule has 0 saturated heterocycles. The highest BCUT2D eigenvalue weighted by molar-refractivity contribution is 6.30. The maximum atomic E-state index is 11.1. The molecule has 1 aromatic rings. The molecule has 0 heterocycles. The molecule has 0 atom stereocenters. The topological polar surface area (TPSA) is 61.5 Å². The molecule has 88 valence electrons. The molecule has 2 N–H and O–H groups in total. The van der Waals surface area contributed by atoms with Crippen LogP contribution >= 0.6 is 11.6 Å². The summed E-state index contributed by atoms with van der Waals surface area (Å²) in [5, 5.41) is 0.654. The summed E-state index contributed by atoms with van der Waals surface area (Å²) in [4.78, 5) is 11.1. The van der Waals surface area contributed by atoms with Crippen LogP contribution in [0.25, 0.3) is 0 Å². The maximum absolute atomic E-state index is 11.1. The molecule has 4 nitrogen and oxygen atoms in total. The van der Waals surface area contributed by atoms with Crippen LogP contribution in [-0.2, 0) is 20.9 Å². The van der Waals surface area contributed by atoms with Crippen LogP contribution in [0, 0.1) is 0 Å². The van der Waals surface area contributed by atoms with Crippen molar-refractivity contribution < 1.29 is 14.3 Å². The van der Waals surface area contributed by atoms with E-state index in [0.29, 0.717) is 18.2 Å². The van der Waals surface area contributed by atoms with Crippen molar-refractivity contribution in [1.29, 1.82) is 0 Å². The molecule has 0 aliphatic carbocycles. The first-order valence-electron chi connectivity index (χ1n) is 4.90. The normalized spacial score (nSPS) is 10.1. The summed E-state index contributed by atoms with van der Waals surface area (Å²) >= 11 is 5.72. The lowest BCUT2D eigenvalue weighted by Gasteiger charge is -2.05. The molecule has 0 aliphatic heterocycles. The highest BCUT2D eigenvalue weighted by Gasteiger charge is 2.02. The van der Waals surface area contributed by atoms with Crippen molar-refractivity contribution in [2.24, 2.45) is 5.73 Å². The third-order valence-electron chi connectivity index (χ3n) is 1.80. The minimum absolute atomic E-state index is 0.0647. The lowest BCUT2D eigenvalue weighted by atomic mass is 10.2. The van der Waals surface area contributed by atoms with Crippen LogP contribution in [0.3, 0.4) is 0 Å². The molecule has 0 aliphatic rings. The van der Waals surface area contributed by atoms with E-state index < -0.39 is 5.97 Å². The second kappa shape index (κ2) is 7.22. The Morgan fingerprint density at radius 1 is 1.31 bits per heavy atom. The molecule has 16 heavy (non-hydrogen) atoms. The predicted molar refractivity (Wildman–Crippen MR) is 61.1 cm³/mol. The summed E-state index contributed by atoms with van der Waals surface area (Å²) in [5.41, 5.74) is 6.09. The van der Waals surface area contributed by atoms with E-state index in [1.807, 2.05) is 0 Å². The summed E-state index contributed by atoms with van der Waals surface area (Å²) in [5.74, 6) is -0.400. The summed E-state index contributed by atoms with van der Waals surface area (Å²) in [6.45, 7) is 0.910. The van der Waals surface area contributed by atoms with Crippen molar-refractivity contribution in [3.8, 4) is 0 Å². The Balaban J connectivity index is 2.23. The van der Waals surface area contributed by atoms with Crippen LogP contribution in [0.1, 0.15) is 5.56 Å². The first kappa shape index (κ1) is 13.0. The number of hydrogen-bond donors (Lipinski definition) is 1. The van der Waals surface area contributed by atoms with E-state index in [2.05, 4.69) is 0 Å². The highest BCUT2D eigenvalue weighted by atomic mass is 35.5. The number of ether oxygens (including phenoxy) is 2. The molecular weight excluding hydrogens is 230 g/mol. The maximum Gasteiger partial charge on any atom is 0.332 e. The van der Waals surface area contributed by atoms with E-state index >= 15 is 0 Å². The van der Waals surface area contributed by atoms with Crippen molar-refractivity contribution in [3.05, 3.63) is 34.9 Å². The van der Waals surface area contributed by atoms with Crippen molar-refractivity contribution in [3.63, 3.8) is 0 Å². The van der Waals surface area contributed by atoms with E-state index in [9.17, 15) is 4.79 Å². The zero-order chi connectivity index (χ0) is 11.8. The lowest BCUT2D eigenvalue weighted by molar-refractivity contribution is -0.150. The number of halogens is 1. The van der Waals surface area contributed by atoms with Gasteiger partial charge in [0, 0.05) is 11.6 Å². The van der Waals surface area contributed by atoms with Crippen LogP contribution in [0.4, 0.5) is 0 Å². The monoisotopic (exact) mass is 243 g/mol. The fraction of sp³-hybridized carbons (Fsp3) is 0.364. The standard InChI is InChI=1S/C11H14ClNO3/c12-10-3-1-9(2-4-10)7-16-11(14)8-15-6-5-13/h1-4H,5-8,13H2. The molecule has 0 radical (unpaired) electrons. The van der Waals surface area contributed by atoms with Gasteiger partial charge in [-0.05, 0) is 17.7 Å². The number of rotatable bonds is 6. The lowest BCUT2D eigenvalue weighted by Crippen LogP contribution is -2.16. The van der Waals surface area contributed by atoms with E-state index in [1.165, 1.54) is 0 Å². The van der Waals surface area contributed by atoms with E-state index in [0.717, 1.165) is 5.56 Å². The summed E-state index contributed by atoms with van der Waals surface area (Å²) in [6, 6.07) is 7.10. The Morgan fingerprint density at radius 2 is 2.00 bits per heavy atom. The van der Waals surface area contributed by atoms with Crippen molar-refractivity contribution in [1.82, 2.24) is 0 Å². The van der Waals surface area contributed by atoms with Gasteiger partial charge in [0.2, 0.25) is 0 Å². The Hall–Kier alpha value is -1.10. The van der Waals surface area contributed by atoms with E-state index in [1.54, 1.807) is 24.3 Å². The number of benzene rings is 1. The molecule has 0 fully saturated rings. The third-order valence-corrected chi connectivity index (χ3v) is 2.05. The Labute approximate surface area is 99.3 Å². The van der Waals surface area contributed by atoms with Gasteiger partial charge in [0.1, 0.15) is 13.2 Å². The van der Waals surface area contributed by atoms with Crippen LogP contribution in [0.15, 0.2) is 24.3 Å². The predicted octanol–water partition coefficient (Wildman–Crippen LogP) is 1.36. The van der Waals surface area contributed by atoms with Gasteiger partial charge < -0.3 is 15.2 Å². The van der Waals surface area contributed by atoms with Gasteiger partial charge >= 0.3 is 5.97 Å². The zero-order valence-corrected chi connectivity index (χ0v) is 9.57. The quantitative estimate of drug-likeness (QED) is 0.605. The van der Waals surface area contributed by atoms with E-state index in [-0.39, 0.29) is 13.2 Å². The van der Waals surface area contributed by atoms with Gasteiger partial charge in [-0.2, -0.15) is 0 Å². The Kier molecular flexibility index (Phi) is 5.85. The second-order valence-electron chi connectivity index (χ2n) is 3.13.